The van der Waals surface area contributed by atoms with Gasteiger partial charge >= 0.3 is 0 Å². The van der Waals surface area contributed by atoms with Gasteiger partial charge in [0.15, 0.2) is 0 Å². The molecule has 1 heterocycles. The van der Waals surface area contributed by atoms with Crippen molar-refractivity contribution in [3.8, 4) is 17.2 Å². The van der Waals surface area contributed by atoms with Crippen molar-refractivity contribution in [3.05, 3.63) is 59.1 Å². The first-order valence-corrected chi connectivity index (χ1v) is 8.85. The molecule has 1 aromatic heterocycles. The van der Waals surface area contributed by atoms with Crippen molar-refractivity contribution in [1.29, 1.82) is 0 Å². The minimum absolute atomic E-state index is 0.242. The highest BCUT2D eigenvalue weighted by Gasteiger charge is 2.16. The van der Waals surface area contributed by atoms with Crippen LogP contribution in [0.2, 0.25) is 5.02 Å². The number of nitrogens with zero attached hydrogens (tertiary/aromatic N) is 2. The summed E-state index contributed by atoms with van der Waals surface area (Å²) in [5.74, 6) is 1.30. The van der Waals surface area contributed by atoms with E-state index in [2.05, 4.69) is 17.1 Å². The number of rotatable bonds is 6. The summed E-state index contributed by atoms with van der Waals surface area (Å²) in [5, 5.41) is 9.83. The fourth-order valence-corrected chi connectivity index (χ4v) is 3.34. The third-order valence-electron chi connectivity index (χ3n) is 3.60. The van der Waals surface area contributed by atoms with Crippen LogP contribution in [0.1, 0.15) is 24.2 Å². The Morgan fingerprint density at radius 3 is 2.42 bits per heavy atom. The predicted molar refractivity (Wildman–Crippen MR) is 96.6 cm³/mol. The van der Waals surface area contributed by atoms with E-state index in [-0.39, 0.29) is 5.25 Å². The Bertz CT molecular complexity index is 788. The van der Waals surface area contributed by atoms with Gasteiger partial charge in [0.2, 0.25) is 5.89 Å². The van der Waals surface area contributed by atoms with Gasteiger partial charge in [-0.25, -0.2) is 0 Å². The second-order valence-corrected chi connectivity index (χ2v) is 6.76. The average Bonchev–Trinajstić information content (AvgIpc) is 3.09. The Hall–Kier alpha value is -1.98. The molecular formula is C18H17ClN2O2S. The summed E-state index contributed by atoms with van der Waals surface area (Å²) in [7, 11) is 1.64. The van der Waals surface area contributed by atoms with Gasteiger partial charge < -0.3 is 9.15 Å². The maximum Gasteiger partial charge on any atom is 0.277 e. The Morgan fingerprint density at radius 2 is 1.79 bits per heavy atom. The first-order chi connectivity index (χ1) is 11.7. The SMILES string of the molecule is CCC(Sc1nnc(-c2ccc(OC)cc2)o1)c1ccc(Cl)cc1. The molecule has 2 aromatic carbocycles. The van der Waals surface area contributed by atoms with Crippen LogP contribution in [0.5, 0.6) is 5.75 Å². The van der Waals surface area contributed by atoms with Gasteiger partial charge in [-0.05, 0) is 48.4 Å². The molecule has 3 aromatic rings. The topological polar surface area (TPSA) is 48.2 Å². The normalized spacial score (nSPS) is 12.1. The van der Waals surface area contributed by atoms with E-state index in [0.717, 1.165) is 22.8 Å². The van der Waals surface area contributed by atoms with Gasteiger partial charge in [0.05, 0.1) is 7.11 Å². The van der Waals surface area contributed by atoms with E-state index in [0.29, 0.717) is 11.1 Å². The largest absolute Gasteiger partial charge is 0.497 e. The first kappa shape index (κ1) is 16.9. The number of ether oxygens (including phenoxy) is 1. The maximum absolute atomic E-state index is 5.96. The molecule has 0 bridgehead atoms. The molecule has 0 aliphatic carbocycles. The molecule has 0 saturated carbocycles. The van der Waals surface area contributed by atoms with E-state index < -0.39 is 0 Å². The smallest absolute Gasteiger partial charge is 0.277 e. The number of hydrogen-bond donors (Lipinski definition) is 0. The van der Waals surface area contributed by atoms with Gasteiger partial charge in [-0.2, -0.15) is 0 Å². The molecule has 0 N–H and O–H groups in total. The highest BCUT2D eigenvalue weighted by molar-refractivity contribution is 7.99. The number of methoxy groups -OCH3 is 1. The zero-order valence-electron chi connectivity index (χ0n) is 13.4. The molecule has 1 unspecified atom stereocenters. The minimum atomic E-state index is 0.242. The predicted octanol–water partition coefficient (Wildman–Crippen LogP) is 5.64. The van der Waals surface area contributed by atoms with Crippen molar-refractivity contribution in [2.24, 2.45) is 0 Å². The van der Waals surface area contributed by atoms with Crippen molar-refractivity contribution in [2.75, 3.05) is 7.11 Å². The molecule has 6 heteroatoms. The standard InChI is InChI=1S/C18H17ClN2O2S/c1-3-16(12-4-8-14(19)9-5-12)24-18-21-20-17(23-18)13-6-10-15(22-2)11-7-13/h4-11,16H,3H2,1-2H3. The van der Waals surface area contributed by atoms with Crippen LogP contribution in [0.3, 0.4) is 0 Å². The van der Waals surface area contributed by atoms with Crippen LogP contribution in [0.4, 0.5) is 0 Å². The molecule has 0 aliphatic rings. The van der Waals surface area contributed by atoms with Crippen molar-refractivity contribution in [1.82, 2.24) is 10.2 Å². The van der Waals surface area contributed by atoms with Gasteiger partial charge in [-0.1, -0.05) is 42.4 Å². The highest BCUT2D eigenvalue weighted by Crippen LogP contribution is 2.38. The third kappa shape index (κ3) is 3.91. The second-order valence-electron chi connectivity index (χ2n) is 5.17. The molecule has 0 spiro atoms. The average molecular weight is 361 g/mol. The Morgan fingerprint density at radius 1 is 1.08 bits per heavy atom. The van der Waals surface area contributed by atoms with E-state index in [1.165, 1.54) is 5.56 Å². The molecule has 1 atom stereocenters. The van der Waals surface area contributed by atoms with Crippen molar-refractivity contribution in [2.45, 2.75) is 23.8 Å². The van der Waals surface area contributed by atoms with Crippen molar-refractivity contribution < 1.29 is 9.15 Å². The van der Waals surface area contributed by atoms with Gasteiger partial charge in [0.1, 0.15) is 5.75 Å². The van der Waals surface area contributed by atoms with Crippen molar-refractivity contribution >= 4 is 23.4 Å². The van der Waals surface area contributed by atoms with Crippen molar-refractivity contribution in [3.63, 3.8) is 0 Å². The van der Waals surface area contributed by atoms with Crippen LogP contribution in [0.15, 0.2) is 58.2 Å². The molecule has 0 radical (unpaired) electrons. The molecular weight excluding hydrogens is 344 g/mol. The maximum atomic E-state index is 5.96. The Balaban J connectivity index is 1.75. The molecule has 0 aliphatic heterocycles. The Labute approximate surface area is 150 Å². The highest BCUT2D eigenvalue weighted by atomic mass is 35.5. The zero-order valence-corrected chi connectivity index (χ0v) is 15.0. The van der Waals surface area contributed by atoms with Crippen LogP contribution >= 0.6 is 23.4 Å². The van der Waals surface area contributed by atoms with Gasteiger partial charge in [0.25, 0.3) is 5.22 Å². The molecule has 4 nitrogen and oxygen atoms in total. The van der Waals surface area contributed by atoms with Crippen LogP contribution in [-0.4, -0.2) is 17.3 Å². The summed E-state index contributed by atoms with van der Waals surface area (Å²) in [5.41, 5.74) is 2.06. The number of aromatic nitrogens is 2. The van der Waals surface area contributed by atoms with E-state index >= 15 is 0 Å². The lowest BCUT2D eigenvalue weighted by Gasteiger charge is -2.12. The first-order valence-electron chi connectivity index (χ1n) is 7.59. The van der Waals surface area contributed by atoms with E-state index in [1.807, 2.05) is 48.5 Å². The lowest BCUT2D eigenvalue weighted by molar-refractivity contribution is 0.414. The fourth-order valence-electron chi connectivity index (χ4n) is 2.29. The fraction of sp³-hybridized carbons (Fsp3) is 0.222. The van der Waals surface area contributed by atoms with Crippen LogP contribution < -0.4 is 4.74 Å². The van der Waals surface area contributed by atoms with Gasteiger partial charge in [0, 0.05) is 15.8 Å². The lowest BCUT2D eigenvalue weighted by Crippen LogP contribution is -1.92. The third-order valence-corrected chi connectivity index (χ3v) is 5.11. The summed E-state index contributed by atoms with van der Waals surface area (Å²) in [6.45, 7) is 2.13. The zero-order chi connectivity index (χ0) is 16.9. The molecule has 124 valence electrons. The number of benzene rings is 2. The van der Waals surface area contributed by atoms with Crippen LogP contribution in [0.25, 0.3) is 11.5 Å². The summed E-state index contributed by atoms with van der Waals surface area (Å²) >= 11 is 7.52. The summed E-state index contributed by atoms with van der Waals surface area (Å²) in [6, 6.07) is 15.4. The van der Waals surface area contributed by atoms with E-state index in [4.69, 9.17) is 20.8 Å². The van der Waals surface area contributed by atoms with Gasteiger partial charge in [-0.3, -0.25) is 0 Å². The molecule has 0 saturated heterocycles. The molecule has 3 rings (SSSR count). The number of hydrogen-bond acceptors (Lipinski definition) is 5. The minimum Gasteiger partial charge on any atom is -0.497 e. The monoisotopic (exact) mass is 360 g/mol. The van der Waals surface area contributed by atoms with E-state index in [9.17, 15) is 0 Å². The summed E-state index contributed by atoms with van der Waals surface area (Å²) in [4.78, 5) is 0. The summed E-state index contributed by atoms with van der Waals surface area (Å²) in [6.07, 6.45) is 0.951. The quantitative estimate of drug-likeness (QED) is 0.532. The molecule has 0 amide bonds. The Kier molecular flexibility index (Phi) is 5.43. The van der Waals surface area contributed by atoms with Crippen LogP contribution in [0, 0.1) is 0 Å². The van der Waals surface area contributed by atoms with Gasteiger partial charge in [-0.15, -0.1) is 10.2 Å². The number of thioether (sulfide) groups is 1. The summed E-state index contributed by atoms with van der Waals surface area (Å²) < 4.78 is 10.9. The molecule has 24 heavy (non-hydrogen) atoms. The van der Waals surface area contributed by atoms with E-state index in [1.54, 1.807) is 18.9 Å². The second kappa shape index (κ2) is 7.73. The number of halogens is 1. The van der Waals surface area contributed by atoms with Crippen LogP contribution in [-0.2, 0) is 0 Å². The lowest BCUT2D eigenvalue weighted by atomic mass is 10.1. The molecule has 0 fully saturated rings.